The molecule has 3 rings (SSSR count). The summed E-state index contributed by atoms with van der Waals surface area (Å²) in [7, 11) is 0. The number of fused-ring (bicyclic) bond motifs is 1. The Kier molecular flexibility index (Phi) is 3.60. The maximum Gasteiger partial charge on any atom is 0.161 e. The van der Waals surface area contributed by atoms with Crippen molar-refractivity contribution < 1.29 is 9.47 Å². The van der Waals surface area contributed by atoms with Gasteiger partial charge >= 0.3 is 0 Å². The highest BCUT2D eigenvalue weighted by Crippen LogP contribution is 2.30. The molecule has 0 saturated carbocycles. The van der Waals surface area contributed by atoms with Gasteiger partial charge < -0.3 is 14.0 Å². The van der Waals surface area contributed by atoms with Gasteiger partial charge in [-0.15, -0.1) is 11.6 Å². The highest BCUT2D eigenvalue weighted by molar-refractivity contribution is 6.16. The fraction of sp³-hybridized carbons (Fsp3) is 0.357. The predicted molar refractivity (Wildman–Crippen MR) is 72.9 cm³/mol. The minimum absolute atomic E-state index is 0.455. The third-order valence-corrected chi connectivity index (χ3v) is 3.36. The van der Waals surface area contributed by atoms with Crippen molar-refractivity contribution in [3.8, 4) is 11.5 Å². The molecule has 0 atom stereocenters. The Labute approximate surface area is 116 Å². The molecule has 0 radical (unpaired) electrons. The quantitative estimate of drug-likeness (QED) is 0.807. The molecule has 1 aliphatic heterocycles. The normalized spacial score (nSPS) is 13.5. The molecular weight excluding hydrogens is 264 g/mol. The number of rotatable bonds is 4. The Morgan fingerprint density at radius 1 is 1.21 bits per heavy atom. The first-order valence-corrected chi connectivity index (χ1v) is 6.84. The molecule has 100 valence electrons. The Morgan fingerprint density at radius 2 is 2.05 bits per heavy atom. The zero-order valence-corrected chi connectivity index (χ0v) is 11.3. The minimum Gasteiger partial charge on any atom is -0.486 e. The largest absolute Gasteiger partial charge is 0.486 e. The summed E-state index contributed by atoms with van der Waals surface area (Å²) < 4.78 is 13.1. The zero-order chi connectivity index (χ0) is 13.1. The molecule has 5 heteroatoms. The van der Waals surface area contributed by atoms with E-state index >= 15 is 0 Å². The molecule has 0 N–H and O–H groups in total. The average molecular weight is 279 g/mol. The molecular formula is C14H15ClN2O2. The van der Waals surface area contributed by atoms with Gasteiger partial charge in [0, 0.05) is 12.7 Å². The van der Waals surface area contributed by atoms with E-state index in [1.54, 1.807) is 0 Å². The van der Waals surface area contributed by atoms with Gasteiger partial charge in [-0.05, 0) is 24.1 Å². The number of aryl methyl sites for hydroxylation is 2. The summed E-state index contributed by atoms with van der Waals surface area (Å²) in [6, 6.07) is 6.10. The lowest BCUT2D eigenvalue weighted by Gasteiger charge is -2.18. The second-order valence-corrected chi connectivity index (χ2v) is 4.73. The van der Waals surface area contributed by atoms with Gasteiger partial charge in [-0.3, -0.25) is 0 Å². The number of hydrogen-bond donors (Lipinski definition) is 0. The van der Waals surface area contributed by atoms with E-state index in [9.17, 15) is 0 Å². The van der Waals surface area contributed by atoms with Gasteiger partial charge in [0.05, 0.1) is 17.9 Å². The van der Waals surface area contributed by atoms with Crippen LogP contribution in [0.2, 0.25) is 0 Å². The highest BCUT2D eigenvalue weighted by atomic mass is 35.5. The Hall–Kier alpha value is -1.68. The van der Waals surface area contributed by atoms with Crippen molar-refractivity contribution >= 4 is 11.6 Å². The van der Waals surface area contributed by atoms with Gasteiger partial charge in [-0.1, -0.05) is 6.07 Å². The number of imidazole rings is 1. The fourth-order valence-corrected chi connectivity index (χ4v) is 2.24. The molecule has 1 aromatic heterocycles. The van der Waals surface area contributed by atoms with Crippen LogP contribution in [0.1, 0.15) is 11.3 Å². The van der Waals surface area contributed by atoms with Crippen molar-refractivity contribution in [1.82, 2.24) is 9.55 Å². The first-order chi connectivity index (χ1) is 9.35. The van der Waals surface area contributed by atoms with Crippen molar-refractivity contribution in [2.45, 2.75) is 18.8 Å². The minimum atomic E-state index is 0.455. The number of aromatic nitrogens is 2. The van der Waals surface area contributed by atoms with Crippen molar-refractivity contribution in [3.63, 3.8) is 0 Å². The van der Waals surface area contributed by atoms with E-state index in [0.29, 0.717) is 19.1 Å². The summed E-state index contributed by atoms with van der Waals surface area (Å²) in [5.41, 5.74) is 2.13. The van der Waals surface area contributed by atoms with Crippen LogP contribution < -0.4 is 9.47 Å². The van der Waals surface area contributed by atoms with Crippen LogP contribution in [-0.4, -0.2) is 22.8 Å². The Bertz CT molecular complexity index is 568. The van der Waals surface area contributed by atoms with E-state index in [4.69, 9.17) is 21.1 Å². The lowest BCUT2D eigenvalue weighted by atomic mass is 10.1. The van der Waals surface area contributed by atoms with Crippen molar-refractivity contribution in [3.05, 3.63) is 42.0 Å². The summed E-state index contributed by atoms with van der Waals surface area (Å²) in [5, 5.41) is 0. The van der Waals surface area contributed by atoms with Gasteiger partial charge in [0.1, 0.15) is 13.2 Å². The molecule has 0 saturated heterocycles. The number of ether oxygens (including phenoxy) is 2. The molecule has 1 aromatic carbocycles. The van der Waals surface area contributed by atoms with Crippen LogP contribution in [-0.2, 0) is 18.8 Å². The predicted octanol–water partition coefficient (Wildman–Crippen LogP) is 2.64. The van der Waals surface area contributed by atoms with Gasteiger partial charge in [0.2, 0.25) is 0 Å². The van der Waals surface area contributed by atoms with E-state index in [1.807, 2.05) is 24.7 Å². The smallest absolute Gasteiger partial charge is 0.161 e. The molecule has 0 fully saturated rings. The maximum absolute atomic E-state index is 5.73. The summed E-state index contributed by atoms with van der Waals surface area (Å²) >= 11 is 5.73. The van der Waals surface area contributed by atoms with Crippen molar-refractivity contribution in [2.75, 3.05) is 13.2 Å². The van der Waals surface area contributed by atoms with E-state index in [2.05, 4.69) is 15.6 Å². The van der Waals surface area contributed by atoms with Crippen LogP contribution in [0.4, 0.5) is 0 Å². The SMILES string of the molecule is ClCc1cn(CCc2ccc3c(c2)OCCO3)cn1. The first kappa shape index (κ1) is 12.4. The zero-order valence-electron chi connectivity index (χ0n) is 10.5. The molecule has 0 bridgehead atoms. The van der Waals surface area contributed by atoms with E-state index < -0.39 is 0 Å². The van der Waals surface area contributed by atoms with Gasteiger partial charge in [-0.25, -0.2) is 4.98 Å². The average Bonchev–Trinajstić information content (AvgIpc) is 2.93. The van der Waals surface area contributed by atoms with Crippen LogP contribution in [0.3, 0.4) is 0 Å². The van der Waals surface area contributed by atoms with Crippen LogP contribution in [0.25, 0.3) is 0 Å². The number of halogens is 1. The highest BCUT2D eigenvalue weighted by Gasteiger charge is 2.11. The van der Waals surface area contributed by atoms with Gasteiger partial charge in [-0.2, -0.15) is 0 Å². The Balaban J connectivity index is 1.66. The number of alkyl halides is 1. The lowest BCUT2D eigenvalue weighted by Crippen LogP contribution is -2.15. The van der Waals surface area contributed by atoms with Gasteiger partial charge in [0.15, 0.2) is 11.5 Å². The third-order valence-electron chi connectivity index (χ3n) is 3.09. The summed E-state index contributed by atoms with van der Waals surface area (Å²) in [6.07, 6.45) is 4.72. The molecule has 19 heavy (non-hydrogen) atoms. The molecule has 0 spiro atoms. The number of benzene rings is 1. The lowest BCUT2D eigenvalue weighted by molar-refractivity contribution is 0.171. The second-order valence-electron chi connectivity index (χ2n) is 4.46. The standard InChI is InChI=1S/C14H15ClN2O2/c15-8-12-9-17(10-16-12)4-3-11-1-2-13-14(7-11)19-6-5-18-13/h1-2,7,9-10H,3-6,8H2. The molecule has 2 aromatic rings. The molecule has 0 amide bonds. The molecule has 0 aliphatic carbocycles. The van der Waals surface area contributed by atoms with E-state index in [-0.39, 0.29) is 0 Å². The fourth-order valence-electron chi connectivity index (χ4n) is 2.10. The van der Waals surface area contributed by atoms with Crippen LogP contribution in [0, 0.1) is 0 Å². The van der Waals surface area contributed by atoms with Crippen LogP contribution in [0.5, 0.6) is 11.5 Å². The summed E-state index contributed by atoms with van der Waals surface area (Å²) in [6.45, 7) is 2.13. The molecule has 1 aliphatic rings. The second kappa shape index (κ2) is 5.53. The van der Waals surface area contributed by atoms with E-state index in [1.165, 1.54) is 5.56 Å². The third kappa shape index (κ3) is 2.84. The van der Waals surface area contributed by atoms with Crippen molar-refractivity contribution in [1.29, 1.82) is 0 Å². The molecule has 2 heterocycles. The summed E-state index contributed by atoms with van der Waals surface area (Å²) in [4.78, 5) is 4.20. The van der Waals surface area contributed by atoms with Crippen LogP contribution in [0.15, 0.2) is 30.7 Å². The van der Waals surface area contributed by atoms with E-state index in [0.717, 1.165) is 30.2 Å². The number of hydrogen-bond acceptors (Lipinski definition) is 3. The molecule has 0 unspecified atom stereocenters. The van der Waals surface area contributed by atoms with Gasteiger partial charge in [0.25, 0.3) is 0 Å². The molecule has 4 nitrogen and oxygen atoms in total. The topological polar surface area (TPSA) is 36.3 Å². The Morgan fingerprint density at radius 3 is 2.84 bits per heavy atom. The van der Waals surface area contributed by atoms with Crippen LogP contribution >= 0.6 is 11.6 Å². The maximum atomic E-state index is 5.73. The van der Waals surface area contributed by atoms with Crippen molar-refractivity contribution in [2.24, 2.45) is 0 Å². The number of nitrogens with zero attached hydrogens (tertiary/aromatic N) is 2. The summed E-state index contributed by atoms with van der Waals surface area (Å²) in [5.74, 6) is 2.13. The first-order valence-electron chi connectivity index (χ1n) is 6.30. The monoisotopic (exact) mass is 278 g/mol.